The molecule has 20 heavy (non-hydrogen) atoms. The first-order chi connectivity index (χ1) is 9.54. The maximum absolute atomic E-state index is 11.8. The molecule has 0 unspecified atom stereocenters. The predicted molar refractivity (Wildman–Crippen MR) is 87.4 cm³/mol. The quantitative estimate of drug-likeness (QED) is 0.767. The van der Waals surface area contributed by atoms with Crippen LogP contribution in [0.25, 0.3) is 0 Å². The van der Waals surface area contributed by atoms with Crippen LogP contribution >= 0.6 is 43.5 Å². The SMILES string of the molecule is O=C(COc1ccc(Br)cc1Br)Nc1cccc(Cl)c1. The van der Waals surface area contributed by atoms with Gasteiger partial charge < -0.3 is 10.1 Å². The molecule has 2 aromatic carbocycles. The van der Waals surface area contributed by atoms with E-state index in [0.717, 1.165) is 8.95 Å². The van der Waals surface area contributed by atoms with Gasteiger partial charge in [0.1, 0.15) is 5.75 Å². The second-order valence-corrected chi connectivity index (χ2v) is 6.13. The van der Waals surface area contributed by atoms with Gasteiger partial charge in [-0.1, -0.05) is 33.6 Å². The molecule has 0 fully saturated rings. The zero-order chi connectivity index (χ0) is 14.5. The van der Waals surface area contributed by atoms with Gasteiger partial charge in [-0.05, 0) is 52.3 Å². The molecule has 1 N–H and O–H groups in total. The van der Waals surface area contributed by atoms with Gasteiger partial charge in [-0.25, -0.2) is 0 Å². The lowest BCUT2D eigenvalue weighted by Gasteiger charge is -2.09. The summed E-state index contributed by atoms with van der Waals surface area (Å²) in [6.07, 6.45) is 0. The van der Waals surface area contributed by atoms with Crippen molar-refractivity contribution >= 4 is 55.1 Å². The minimum atomic E-state index is -0.248. The van der Waals surface area contributed by atoms with Crippen molar-refractivity contribution in [3.8, 4) is 5.75 Å². The highest BCUT2D eigenvalue weighted by Gasteiger charge is 2.06. The van der Waals surface area contributed by atoms with Crippen LogP contribution in [0.2, 0.25) is 5.02 Å². The highest BCUT2D eigenvalue weighted by atomic mass is 79.9. The fraction of sp³-hybridized carbons (Fsp3) is 0.0714. The summed E-state index contributed by atoms with van der Waals surface area (Å²) in [7, 11) is 0. The fourth-order valence-corrected chi connectivity index (χ4v) is 2.85. The Labute approximate surface area is 138 Å². The van der Waals surface area contributed by atoms with Crippen molar-refractivity contribution in [1.82, 2.24) is 0 Å². The molecule has 0 spiro atoms. The van der Waals surface area contributed by atoms with Crippen molar-refractivity contribution in [2.24, 2.45) is 0 Å². The van der Waals surface area contributed by atoms with Crippen molar-refractivity contribution in [1.29, 1.82) is 0 Å². The average Bonchev–Trinajstić information content (AvgIpc) is 2.37. The maximum Gasteiger partial charge on any atom is 0.262 e. The lowest BCUT2D eigenvalue weighted by atomic mass is 10.3. The van der Waals surface area contributed by atoms with Gasteiger partial charge in [0, 0.05) is 15.2 Å². The van der Waals surface area contributed by atoms with Gasteiger partial charge in [0.2, 0.25) is 0 Å². The smallest absolute Gasteiger partial charge is 0.262 e. The normalized spacial score (nSPS) is 10.2. The summed E-state index contributed by atoms with van der Waals surface area (Å²) in [5.41, 5.74) is 0.640. The van der Waals surface area contributed by atoms with Crippen LogP contribution in [0.4, 0.5) is 5.69 Å². The Morgan fingerprint density at radius 2 is 2.00 bits per heavy atom. The topological polar surface area (TPSA) is 38.3 Å². The molecule has 3 nitrogen and oxygen atoms in total. The average molecular weight is 420 g/mol. The van der Waals surface area contributed by atoms with E-state index in [1.807, 2.05) is 12.1 Å². The van der Waals surface area contributed by atoms with Crippen LogP contribution < -0.4 is 10.1 Å². The van der Waals surface area contributed by atoms with E-state index in [9.17, 15) is 4.79 Å². The molecule has 0 radical (unpaired) electrons. The summed E-state index contributed by atoms with van der Waals surface area (Å²) in [6, 6.07) is 12.4. The fourth-order valence-electron chi connectivity index (χ4n) is 1.50. The summed E-state index contributed by atoms with van der Waals surface area (Å²) < 4.78 is 7.15. The summed E-state index contributed by atoms with van der Waals surface area (Å²) in [5.74, 6) is 0.358. The zero-order valence-electron chi connectivity index (χ0n) is 10.2. The number of ether oxygens (including phenoxy) is 1. The third kappa shape index (κ3) is 4.51. The summed E-state index contributed by atoms with van der Waals surface area (Å²) >= 11 is 12.6. The van der Waals surface area contributed by atoms with Crippen LogP contribution in [0.3, 0.4) is 0 Å². The third-order valence-corrected chi connectivity index (χ3v) is 3.71. The highest BCUT2D eigenvalue weighted by molar-refractivity contribution is 9.11. The molecular formula is C14H10Br2ClNO2. The molecule has 2 aromatic rings. The standard InChI is InChI=1S/C14H10Br2ClNO2/c15-9-4-5-13(12(16)6-9)20-8-14(19)18-11-3-1-2-10(17)7-11/h1-7H,8H2,(H,18,19). The Morgan fingerprint density at radius 3 is 2.70 bits per heavy atom. The van der Waals surface area contributed by atoms with Gasteiger partial charge in [0.05, 0.1) is 4.47 Å². The second kappa shape index (κ2) is 7.11. The Balaban J connectivity index is 1.92. The van der Waals surface area contributed by atoms with Crippen molar-refractivity contribution in [3.05, 3.63) is 56.4 Å². The van der Waals surface area contributed by atoms with E-state index >= 15 is 0 Å². The number of carbonyl (C=O) groups is 1. The van der Waals surface area contributed by atoms with Crippen molar-refractivity contribution < 1.29 is 9.53 Å². The van der Waals surface area contributed by atoms with E-state index in [0.29, 0.717) is 16.5 Å². The number of hydrogen-bond donors (Lipinski definition) is 1. The Hall–Kier alpha value is -1.04. The molecule has 2 rings (SSSR count). The lowest BCUT2D eigenvalue weighted by molar-refractivity contribution is -0.118. The molecule has 0 aliphatic rings. The van der Waals surface area contributed by atoms with Crippen LogP contribution in [-0.2, 0) is 4.79 Å². The minimum absolute atomic E-state index is 0.0766. The van der Waals surface area contributed by atoms with Gasteiger partial charge >= 0.3 is 0 Å². The first-order valence-corrected chi connectivity index (χ1v) is 7.64. The van der Waals surface area contributed by atoms with Crippen LogP contribution in [0, 0.1) is 0 Å². The number of amides is 1. The Bertz CT molecular complexity index is 634. The summed E-state index contributed by atoms with van der Waals surface area (Å²) in [6.45, 7) is -0.0766. The molecule has 0 saturated heterocycles. The van der Waals surface area contributed by atoms with Gasteiger partial charge in [-0.15, -0.1) is 0 Å². The van der Waals surface area contributed by atoms with Gasteiger partial charge in [-0.3, -0.25) is 4.79 Å². The highest BCUT2D eigenvalue weighted by Crippen LogP contribution is 2.28. The first-order valence-electron chi connectivity index (χ1n) is 5.68. The van der Waals surface area contributed by atoms with Crippen molar-refractivity contribution in [2.75, 3.05) is 11.9 Å². The molecule has 0 aromatic heterocycles. The van der Waals surface area contributed by atoms with Crippen LogP contribution in [0.15, 0.2) is 51.4 Å². The minimum Gasteiger partial charge on any atom is -0.483 e. The van der Waals surface area contributed by atoms with Gasteiger partial charge in [0.25, 0.3) is 5.91 Å². The van der Waals surface area contributed by atoms with E-state index in [2.05, 4.69) is 37.2 Å². The van der Waals surface area contributed by atoms with E-state index in [1.165, 1.54) is 0 Å². The van der Waals surface area contributed by atoms with E-state index < -0.39 is 0 Å². The largest absolute Gasteiger partial charge is 0.483 e. The first kappa shape index (κ1) is 15.4. The van der Waals surface area contributed by atoms with E-state index in [-0.39, 0.29) is 12.5 Å². The van der Waals surface area contributed by atoms with Gasteiger partial charge in [0.15, 0.2) is 6.61 Å². The van der Waals surface area contributed by atoms with E-state index in [4.69, 9.17) is 16.3 Å². The van der Waals surface area contributed by atoms with Crippen LogP contribution in [0.5, 0.6) is 5.75 Å². The number of hydrogen-bond acceptors (Lipinski definition) is 2. The molecule has 0 heterocycles. The molecule has 0 atom stereocenters. The van der Waals surface area contributed by atoms with E-state index in [1.54, 1.807) is 30.3 Å². The van der Waals surface area contributed by atoms with Crippen molar-refractivity contribution in [3.63, 3.8) is 0 Å². The lowest BCUT2D eigenvalue weighted by Crippen LogP contribution is -2.20. The number of anilines is 1. The van der Waals surface area contributed by atoms with Crippen molar-refractivity contribution in [2.45, 2.75) is 0 Å². The molecule has 104 valence electrons. The second-order valence-electron chi connectivity index (χ2n) is 3.92. The summed E-state index contributed by atoms with van der Waals surface area (Å²) in [5, 5.41) is 3.28. The molecule has 0 aliphatic heterocycles. The molecule has 0 aliphatic carbocycles. The van der Waals surface area contributed by atoms with Crippen LogP contribution in [0.1, 0.15) is 0 Å². The van der Waals surface area contributed by atoms with Gasteiger partial charge in [-0.2, -0.15) is 0 Å². The maximum atomic E-state index is 11.8. The monoisotopic (exact) mass is 417 g/mol. The Kier molecular flexibility index (Phi) is 5.46. The number of halogens is 3. The molecule has 0 saturated carbocycles. The summed E-state index contributed by atoms with van der Waals surface area (Å²) in [4.78, 5) is 11.8. The van der Waals surface area contributed by atoms with Crippen LogP contribution in [-0.4, -0.2) is 12.5 Å². The molecule has 6 heteroatoms. The number of carbonyl (C=O) groups excluding carboxylic acids is 1. The molecular weight excluding hydrogens is 409 g/mol. The number of benzene rings is 2. The third-order valence-electron chi connectivity index (χ3n) is 2.36. The zero-order valence-corrected chi connectivity index (χ0v) is 14.1. The number of rotatable bonds is 4. The number of nitrogens with one attached hydrogen (secondary N) is 1. The Morgan fingerprint density at radius 1 is 1.20 bits per heavy atom. The molecule has 0 bridgehead atoms. The molecule has 1 amide bonds. The predicted octanol–water partition coefficient (Wildman–Crippen LogP) is 4.88.